The van der Waals surface area contributed by atoms with Crippen molar-refractivity contribution in [1.29, 1.82) is 0 Å². The zero-order chi connectivity index (χ0) is 40.2. The van der Waals surface area contributed by atoms with Gasteiger partial charge >= 0.3 is 0 Å². The molecule has 0 radical (unpaired) electrons. The van der Waals surface area contributed by atoms with Crippen LogP contribution in [0.4, 0.5) is 0 Å². The summed E-state index contributed by atoms with van der Waals surface area (Å²) in [5.41, 5.74) is 18.6. The Balaban J connectivity index is 1.11. The van der Waals surface area contributed by atoms with E-state index in [2.05, 4.69) is 206 Å². The van der Waals surface area contributed by atoms with E-state index < -0.39 is 5.41 Å². The summed E-state index contributed by atoms with van der Waals surface area (Å²) in [5, 5.41) is 7.28. The molecule has 2 aromatic heterocycles. The maximum absolute atomic E-state index is 5.83. The van der Waals surface area contributed by atoms with Crippen LogP contribution in [0.15, 0.2) is 188 Å². The van der Waals surface area contributed by atoms with Gasteiger partial charge in [0.2, 0.25) is 5.95 Å². The van der Waals surface area contributed by atoms with Gasteiger partial charge in [-0.05, 0) is 95.9 Å². The van der Waals surface area contributed by atoms with E-state index in [0.717, 1.165) is 28.0 Å². The summed E-state index contributed by atoms with van der Waals surface area (Å²) in [5.74, 6) is 0.682. The van der Waals surface area contributed by atoms with Gasteiger partial charge in [0.15, 0.2) is 0 Å². The Labute approximate surface area is 353 Å². The zero-order valence-corrected chi connectivity index (χ0v) is 33.7. The molecule has 2 heterocycles. The molecule has 14 rings (SSSR count). The quantitative estimate of drug-likeness (QED) is 0.175. The molecule has 3 aliphatic rings. The summed E-state index contributed by atoms with van der Waals surface area (Å²) in [7, 11) is 0. The Kier molecular flexibility index (Phi) is 6.30. The predicted octanol–water partition coefficient (Wildman–Crippen LogP) is 14.2. The van der Waals surface area contributed by atoms with Gasteiger partial charge < -0.3 is 0 Å². The first-order chi connectivity index (χ1) is 30.0. The molecule has 0 atom stereocenters. The van der Waals surface area contributed by atoms with Gasteiger partial charge in [-0.25, -0.2) is 9.97 Å². The second-order valence-electron chi connectivity index (χ2n) is 17.6. The van der Waals surface area contributed by atoms with Gasteiger partial charge in [-0.2, -0.15) is 0 Å². The molecule has 0 N–H and O–H groups in total. The van der Waals surface area contributed by atoms with Gasteiger partial charge in [-0.15, -0.1) is 0 Å². The van der Waals surface area contributed by atoms with Crippen LogP contribution >= 0.6 is 0 Å². The highest BCUT2D eigenvalue weighted by atomic mass is 15.2. The first-order valence-electron chi connectivity index (χ1n) is 21.3. The predicted molar refractivity (Wildman–Crippen MR) is 251 cm³/mol. The molecule has 3 nitrogen and oxygen atoms in total. The first-order valence-corrected chi connectivity index (χ1v) is 21.3. The average Bonchev–Trinajstić information content (AvgIpc) is 3.98. The molecule has 3 heteroatoms. The Morgan fingerprint density at radius 2 is 0.934 bits per heavy atom. The van der Waals surface area contributed by atoms with Crippen LogP contribution in [0, 0.1) is 0 Å². The van der Waals surface area contributed by atoms with Gasteiger partial charge in [-0.1, -0.05) is 178 Å². The maximum atomic E-state index is 5.83. The molecule has 0 unspecified atom stereocenters. The Morgan fingerprint density at radius 3 is 1.62 bits per heavy atom. The number of nitrogens with zero attached hydrogens (tertiary/aromatic N) is 3. The Bertz CT molecular complexity index is 3690. The lowest BCUT2D eigenvalue weighted by molar-refractivity contribution is 0.657. The fourth-order valence-electron chi connectivity index (χ4n) is 11.8. The summed E-state index contributed by atoms with van der Waals surface area (Å²) in [6.07, 6.45) is 0. The van der Waals surface area contributed by atoms with E-state index in [1.165, 1.54) is 93.5 Å². The van der Waals surface area contributed by atoms with Crippen molar-refractivity contribution in [3.05, 3.63) is 221 Å². The van der Waals surface area contributed by atoms with Crippen LogP contribution in [-0.4, -0.2) is 14.5 Å². The van der Waals surface area contributed by atoms with Gasteiger partial charge in [0.25, 0.3) is 0 Å². The largest absolute Gasteiger partial charge is 0.278 e. The lowest BCUT2D eigenvalue weighted by Crippen LogP contribution is -2.26. The second-order valence-corrected chi connectivity index (χ2v) is 17.6. The standard InChI is InChI=1S/C58H37N3/c1-57(2)45-23-11-10-22-43(45)55-53(57)54(59-56(60-55)61-50-30-28-34-15-5-6-18-38(34)52(50)44-31-35-16-3-4-17-36(35)33-51(44)61)37-27-29-42-41-21-9-14-26-48(41)58(49(42)32-37)46-24-12-7-19-39(46)40-20-8-13-25-47(40)58/h3-33H,1-2H3. The van der Waals surface area contributed by atoms with Crippen LogP contribution < -0.4 is 0 Å². The molecule has 3 aliphatic carbocycles. The molecular weight excluding hydrogens is 739 g/mol. The highest BCUT2D eigenvalue weighted by Crippen LogP contribution is 2.63. The van der Waals surface area contributed by atoms with Crippen molar-refractivity contribution in [2.24, 2.45) is 0 Å². The second kappa shape index (κ2) is 11.6. The van der Waals surface area contributed by atoms with E-state index in [1.807, 2.05) is 0 Å². The minimum absolute atomic E-state index is 0.334. The number of hydrogen-bond donors (Lipinski definition) is 0. The molecule has 0 fully saturated rings. The summed E-state index contributed by atoms with van der Waals surface area (Å²) < 4.78 is 2.33. The van der Waals surface area contributed by atoms with Gasteiger partial charge in [0.1, 0.15) is 0 Å². The van der Waals surface area contributed by atoms with Crippen LogP contribution in [0.5, 0.6) is 0 Å². The lowest BCUT2D eigenvalue weighted by atomic mass is 9.70. The molecule has 1 spiro atoms. The van der Waals surface area contributed by atoms with Crippen molar-refractivity contribution in [1.82, 2.24) is 14.5 Å². The van der Waals surface area contributed by atoms with E-state index in [-0.39, 0.29) is 5.41 Å². The average molecular weight is 776 g/mol. The monoisotopic (exact) mass is 775 g/mol. The third kappa shape index (κ3) is 4.09. The third-order valence-electron chi connectivity index (χ3n) is 14.4. The van der Waals surface area contributed by atoms with Gasteiger partial charge in [0.05, 0.1) is 27.8 Å². The van der Waals surface area contributed by atoms with E-state index in [9.17, 15) is 0 Å². The van der Waals surface area contributed by atoms with Gasteiger partial charge in [-0.3, -0.25) is 4.57 Å². The van der Waals surface area contributed by atoms with Crippen LogP contribution in [0.1, 0.15) is 47.2 Å². The van der Waals surface area contributed by atoms with Crippen molar-refractivity contribution < 1.29 is 0 Å². The molecule has 11 aromatic rings. The van der Waals surface area contributed by atoms with Crippen molar-refractivity contribution >= 4 is 43.4 Å². The van der Waals surface area contributed by atoms with Gasteiger partial charge in [0, 0.05) is 32.9 Å². The number of aromatic nitrogens is 3. The number of fused-ring (bicyclic) bond motifs is 19. The first kappa shape index (κ1) is 33.2. The summed E-state index contributed by atoms with van der Waals surface area (Å²) in [6.45, 7) is 4.69. The Morgan fingerprint density at radius 1 is 0.393 bits per heavy atom. The molecule has 9 aromatic carbocycles. The van der Waals surface area contributed by atoms with Crippen molar-refractivity contribution in [3.8, 4) is 50.7 Å². The summed E-state index contributed by atoms with van der Waals surface area (Å²) >= 11 is 0. The van der Waals surface area contributed by atoms with E-state index in [4.69, 9.17) is 9.97 Å². The number of benzene rings is 9. The number of rotatable bonds is 2. The van der Waals surface area contributed by atoms with Crippen molar-refractivity contribution in [2.75, 3.05) is 0 Å². The van der Waals surface area contributed by atoms with Crippen molar-refractivity contribution in [2.45, 2.75) is 24.7 Å². The molecule has 61 heavy (non-hydrogen) atoms. The lowest BCUT2D eigenvalue weighted by Gasteiger charge is -2.31. The zero-order valence-electron chi connectivity index (χ0n) is 33.7. The molecule has 284 valence electrons. The van der Waals surface area contributed by atoms with E-state index in [0.29, 0.717) is 5.95 Å². The highest BCUT2D eigenvalue weighted by Gasteiger charge is 2.52. The molecule has 0 aliphatic heterocycles. The minimum Gasteiger partial charge on any atom is -0.278 e. The van der Waals surface area contributed by atoms with Crippen LogP contribution in [0.3, 0.4) is 0 Å². The number of hydrogen-bond acceptors (Lipinski definition) is 2. The molecule has 0 amide bonds. The maximum Gasteiger partial charge on any atom is 0.235 e. The van der Waals surface area contributed by atoms with Crippen LogP contribution in [0.25, 0.3) is 94.1 Å². The van der Waals surface area contributed by atoms with Crippen LogP contribution in [0.2, 0.25) is 0 Å². The summed E-state index contributed by atoms with van der Waals surface area (Å²) in [4.78, 5) is 11.5. The van der Waals surface area contributed by atoms with Crippen molar-refractivity contribution in [3.63, 3.8) is 0 Å². The summed E-state index contributed by atoms with van der Waals surface area (Å²) in [6, 6.07) is 69.7. The third-order valence-corrected chi connectivity index (χ3v) is 14.4. The fraction of sp³-hybridized carbons (Fsp3) is 0.0690. The molecule has 0 saturated heterocycles. The normalized spacial score (nSPS) is 14.7. The fourth-order valence-corrected chi connectivity index (χ4v) is 11.8. The molecule has 0 saturated carbocycles. The minimum atomic E-state index is -0.457. The van der Waals surface area contributed by atoms with E-state index >= 15 is 0 Å². The molecular formula is C58H37N3. The highest BCUT2D eigenvalue weighted by molar-refractivity contribution is 6.23. The van der Waals surface area contributed by atoms with E-state index in [1.54, 1.807) is 0 Å². The Hall–Kier alpha value is -7.62. The topological polar surface area (TPSA) is 30.7 Å². The SMILES string of the molecule is CC1(C)c2ccccc2-c2nc(-n3c4cc5ccccc5cc4c4c5ccccc5ccc43)nc(-c3ccc4c(c3)C3(c5ccccc5-c5ccccc53)c3ccccc3-4)c21. The molecule has 0 bridgehead atoms. The smallest absolute Gasteiger partial charge is 0.235 e. The van der Waals surface area contributed by atoms with Crippen LogP contribution in [-0.2, 0) is 10.8 Å².